The van der Waals surface area contributed by atoms with Gasteiger partial charge in [0.2, 0.25) is 5.79 Å². The number of ether oxygens (including phenoxy) is 3. The molecule has 9 atom stereocenters. The van der Waals surface area contributed by atoms with Gasteiger partial charge in [0.25, 0.3) is 0 Å². The van der Waals surface area contributed by atoms with Crippen molar-refractivity contribution in [2.45, 2.75) is 54.8 Å². The van der Waals surface area contributed by atoms with Gasteiger partial charge in [-0.2, -0.15) is 0 Å². The molecule has 0 unspecified atom stereocenters. The van der Waals surface area contributed by atoms with E-state index < -0.39 is 74.6 Å². The number of aliphatic hydroxyl groups is 8. The second-order valence-corrected chi connectivity index (χ2v) is 5.56. The second-order valence-electron chi connectivity index (χ2n) is 5.56. The van der Waals surface area contributed by atoms with Crippen molar-refractivity contribution in [3.63, 3.8) is 0 Å². The molecule has 0 aliphatic carbocycles. The van der Waals surface area contributed by atoms with E-state index in [2.05, 4.69) is 0 Å². The summed E-state index contributed by atoms with van der Waals surface area (Å²) in [5, 5.41) is 76.7. The van der Waals surface area contributed by atoms with Crippen molar-refractivity contribution in [2.24, 2.45) is 0 Å². The molecule has 2 aliphatic rings. The summed E-state index contributed by atoms with van der Waals surface area (Å²) < 4.78 is 15.4. The van der Waals surface area contributed by atoms with Gasteiger partial charge in [0.05, 0.1) is 13.2 Å². The first kappa shape index (κ1) is 25.1. The van der Waals surface area contributed by atoms with Crippen molar-refractivity contribution in [1.29, 1.82) is 0 Å². The summed E-state index contributed by atoms with van der Waals surface area (Å²) in [6.07, 6.45) is -12.7. The summed E-state index contributed by atoms with van der Waals surface area (Å²) in [4.78, 5) is 0. The van der Waals surface area contributed by atoms with E-state index in [1.165, 1.54) is 0 Å². The second kappa shape index (κ2) is 9.88. The summed E-state index contributed by atoms with van der Waals surface area (Å²) in [5.41, 5.74) is 0. The average molecular weight is 366 g/mol. The van der Waals surface area contributed by atoms with Crippen LogP contribution in [-0.2, 0) is 14.2 Å². The molecule has 0 aromatic carbocycles. The summed E-state index contributed by atoms with van der Waals surface area (Å²) in [6, 6.07) is 0. The zero-order chi connectivity index (χ0) is 17.4. The van der Waals surface area contributed by atoms with E-state index in [4.69, 9.17) is 24.4 Å². The molecular weight excluding hydrogens is 343 g/mol. The van der Waals surface area contributed by atoms with Crippen LogP contribution in [0.1, 0.15) is 0 Å². The van der Waals surface area contributed by atoms with Crippen molar-refractivity contribution < 1.29 is 79.4 Å². The maximum absolute atomic E-state index is 10.00. The Morgan fingerprint density at radius 3 is 1.80 bits per heavy atom. The summed E-state index contributed by atoms with van der Waals surface area (Å²) in [6.45, 7) is -2.32. The Hall–Kier alpha value is 0.117. The molecule has 0 amide bonds. The van der Waals surface area contributed by atoms with Gasteiger partial charge in [-0.15, -0.1) is 0 Å². The molecule has 2 saturated heterocycles. The molecule has 0 spiro atoms. The van der Waals surface area contributed by atoms with Gasteiger partial charge in [0, 0.05) is 0 Å². The Morgan fingerprint density at radius 2 is 1.36 bits per heavy atom. The Balaban J connectivity index is 0.00000288. The standard InChI is InChI=1S/C12H22O11.Li.H2O/c13-1-4-6(16)8(18)9(19)11(21-4)23-12(3-15)10(20)7(17)5(2-14)22-12;;/h4-11,13-20H,1-3H2;;1H2/q;+1;/p-1/t4-,5-,6-,7-,8+,9-,10+,11-,12+;;/m1../s1. The SMILES string of the molecule is OC[C@H]1O[C@@](CO)(O[C@H]2O[C@H](CO)[C@@H](O)[C@H](O)[C@H]2O)[C@@H](O)[C@@H]1O.[Li+].[OH-]. The minimum atomic E-state index is -2.22. The normalized spacial score (nSPS) is 47.0. The van der Waals surface area contributed by atoms with Crippen LogP contribution in [0.25, 0.3) is 0 Å². The molecule has 0 saturated carbocycles. The zero-order valence-corrected chi connectivity index (χ0v) is 13.5. The molecule has 9 N–H and O–H groups in total. The smallest absolute Gasteiger partial charge is 0.870 e. The summed E-state index contributed by atoms with van der Waals surface area (Å²) >= 11 is 0. The van der Waals surface area contributed by atoms with Crippen LogP contribution < -0.4 is 18.9 Å². The maximum Gasteiger partial charge on any atom is 1.00 e. The third kappa shape index (κ3) is 4.52. The van der Waals surface area contributed by atoms with Crippen LogP contribution in [0.15, 0.2) is 0 Å². The van der Waals surface area contributed by atoms with E-state index in [-0.39, 0.29) is 24.3 Å². The van der Waals surface area contributed by atoms with Gasteiger partial charge in [0.1, 0.15) is 49.3 Å². The molecule has 0 aromatic rings. The third-order valence-electron chi connectivity index (χ3n) is 4.07. The van der Waals surface area contributed by atoms with E-state index in [1.807, 2.05) is 0 Å². The van der Waals surface area contributed by atoms with E-state index in [9.17, 15) is 30.6 Å². The van der Waals surface area contributed by atoms with Crippen LogP contribution in [0.2, 0.25) is 0 Å². The molecule has 25 heavy (non-hydrogen) atoms. The molecule has 2 aliphatic heterocycles. The maximum atomic E-state index is 10.00. The van der Waals surface area contributed by atoms with Crippen molar-refractivity contribution in [3.05, 3.63) is 0 Å². The van der Waals surface area contributed by atoms with E-state index in [1.54, 1.807) is 0 Å². The predicted octanol–water partition coefficient (Wildman–Crippen LogP) is -8.57. The Morgan fingerprint density at radius 1 is 0.800 bits per heavy atom. The number of aliphatic hydroxyl groups excluding tert-OH is 8. The van der Waals surface area contributed by atoms with Gasteiger partial charge in [-0.05, 0) is 0 Å². The molecule has 2 rings (SSSR count). The van der Waals surface area contributed by atoms with Crippen LogP contribution in [0.3, 0.4) is 0 Å². The van der Waals surface area contributed by atoms with Crippen molar-refractivity contribution >= 4 is 0 Å². The van der Waals surface area contributed by atoms with Crippen molar-refractivity contribution in [3.8, 4) is 0 Å². The predicted molar refractivity (Wildman–Crippen MR) is 70.6 cm³/mol. The van der Waals surface area contributed by atoms with E-state index in [0.29, 0.717) is 0 Å². The first-order chi connectivity index (χ1) is 10.8. The van der Waals surface area contributed by atoms with Crippen LogP contribution in [0.5, 0.6) is 0 Å². The van der Waals surface area contributed by atoms with Gasteiger partial charge >= 0.3 is 18.9 Å². The van der Waals surface area contributed by atoms with E-state index in [0.717, 1.165) is 0 Å². The third-order valence-corrected chi connectivity index (χ3v) is 4.07. The van der Waals surface area contributed by atoms with Crippen LogP contribution >= 0.6 is 0 Å². The monoisotopic (exact) mass is 366 g/mol. The first-order valence-electron chi connectivity index (χ1n) is 7.05. The summed E-state index contributed by atoms with van der Waals surface area (Å²) in [7, 11) is 0. The van der Waals surface area contributed by atoms with Crippen LogP contribution in [0, 0.1) is 0 Å². The molecule has 13 heteroatoms. The quantitative estimate of drug-likeness (QED) is 0.213. The minimum absolute atomic E-state index is 0. The van der Waals surface area contributed by atoms with Crippen molar-refractivity contribution in [1.82, 2.24) is 0 Å². The molecule has 12 nitrogen and oxygen atoms in total. The molecular formula is C12H23LiO12. The molecule has 144 valence electrons. The topological polar surface area (TPSA) is 220 Å². The number of rotatable bonds is 5. The Bertz CT molecular complexity index is 400. The van der Waals surface area contributed by atoms with Gasteiger partial charge in [-0.1, -0.05) is 0 Å². The van der Waals surface area contributed by atoms with Crippen LogP contribution in [-0.4, -0.2) is 121 Å². The van der Waals surface area contributed by atoms with Crippen LogP contribution in [0.4, 0.5) is 0 Å². The van der Waals surface area contributed by atoms with E-state index >= 15 is 0 Å². The fourth-order valence-electron chi connectivity index (χ4n) is 2.63. The average Bonchev–Trinajstić information content (AvgIpc) is 2.80. The van der Waals surface area contributed by atoms with Gasteiger partial charge in [0.15, 0.2) is 6.29 Å². The molecule has 2 heterocycles. The number of hydrogen-bond acceptors (Lipinski definition) is 12. The fraction of sp³-hybridized carbons (Fsp3) is 1.00. The largest absolute Gasteiger partial charge is 1.00 e. The Labute approximate surface area is 154 Å². The summed E-state index contributed by atoms with van der Waals surface area (Å²) in [5.74, 6) is -2.22. The molecule has 2 fully saturated rings. The van der Waals surface area contributed by atoms with Gasteiger partial charge < -0.3 is 60.5 Å². The first-order valence-corrected chi connectivity index (χ1v) is 7.05. The minimum Gasteiger partial charge on any atom is -0.870 e. The van der Waals surface area contributed by atoms with Gasteiger partial charge in [-0.25, -0.2) is 0 Å². The Kier molecular flexibility index (Phi) is 9.93. The molecule has 0 bridgehead atoms. The van der Waals surface area contributed by atoms with Crippen molar-refractivity contribution in [2.75, 3.05) is 19.8 Å². The van der Waals surface area contributed by atoms with Gasteiger partial charge in [-0.3, -0.25) is 0 Å². The molecule has 0 aromatic heterocycles. The zero-order valence-electron chi connectivity index (χ0n) is 13.5. The number of hydrogen-bond donors (Lipinski definition) is 8. The molecule has 0 radical (unpaired) electrons. The fourth-order valence-corrected chi connectivity index (χ4v) is 2.63.